The summed E-state index contributed by atoms with van der Waals surface area (Å²) in [6, 6.07) is 27.4. The minimum atomic E-state index is 0.130. The molecule has 3 heterocycles. The van der Waals surface area contributed by atoms with Crippen LogP contribution in [0, 0.1) is 6.92 Å². The van der Waals surface area contributed by atoms with Crippen LogP contribution in [0.1, 0.15) is 5.56 Å². The average molecular weight is 373 g/mol. The van der Waals surface area contributed by atoms with Gasteiger partial charge >= 0.3 is 0 Å². The molecule has 0 aliphatic carbocycles. The van der Waals surface area contributed by atoms with E-state index in [2.05, 4.69) is 72.5 Å². The molecule has 0 unspecified atom stereocenters. The minimum absolute atomic E-state index is 0.130. The van der Waals surface area contributed by atoms with Crippen LogP contribution in [0.2, 0.25) is 0 Å². The molecule has 4 aromatic rings. The third-order valence-corrected chi connectivity index (χ3v) is 6.21. The Kier molecular flexibility index (Phi) is 2.76. The molecule has 0 spiro atoms. The predicted octanol–water partition coefficient (Wildman–Crippen LogP) is 4.51. The van der Waals surface area contributed by atoms with Crippen LogP contribution in [-0.2, 0) is 0 Å². The molecular weight excluding hydrogens is 357 g/mol. The summed E-state index contributed by atoms with van der Waals surface area (Å²) in [6.07, 6.45) is 0. The Hall–Kier alpha value is -3.66. The van der Waals surface area contributed by atoms with Crippen molar-refractivity contribution >= 4 is 40.2 Å². The van der Waals surface area contributed by atoms with Gasteiger partial charge in [0.1, 0.15) is 11.5 Å². The van der Waals surface area contributed by atoms with Gasteiger partial charge in [-0.15, -0.1) is 0 Å². The van der Waals surface area contributed by atoms with Gasteiger partial charge in [-0.25, -0.2) is 0 Å². The number of para-hydroxylation sites is 4. The smallest absolute Gasteiger partial charge is 0.256 e. The fourth-order valence-electron chi connectivity index (χ4n) is 5.03. The second-order valence-corrected chi connectivity index (χ2v) is 7.82. The van der Waals surface area contributed by atoms with Crippen molar-refractivity contribution in [3.63, 3.8) is 0 Å². The lowest BCUT2D eigenvalue weighted by Crippen LogP contribution is -2.59. The second kappa shape index (κ2) is 5.23. The van der Waals surface area contributed by atoms with E-state index in [1.54, 1.807) is 0 Å². The molecule has 3 aliphatic heterocycles. The van der Waals surface area contributed by atoms with E-state index in [0.717, 1.165) is 39.9 Å². The van der Waals surface area contributed by atoms with Crippen LogP contribution in [0.3, 0.4) is 0 Å². The molecular formula is C25H16BNO2. The van der Waals surface area contributed by atoms with Crippen LogP contribution in [0.5, 0.6) is 23.0 Å². The molecule has 136 valence electrons. The van der Waals surface area contributed by atoms with Crippen molar-refractivity contribution in [3.8, 4) is 23.0 Å². The highest BCUT2D eigenvalue weighted by Gasteiger charge is 2.45. The SMILES string of the molecule is Cc1cc2c3c4c1Oc1ccccc1N4c1ccccc1B3c1ccccc1O2. The lowest BCUT2D eigenvalue weighted by Gasteiger charge is -2.43. The number of rotatable bonds is 0. The number of fused-ring (bicyclic) bond motifs is 7. The third-order valence-electron chi connectivity index (χ3n) is 6.21. The molecule has 3 nitrogen and oxygen atoms in total. The highest BCUT2D eigenvalue weighted by atomic mass is 16.5. The van der Waals surface area contributed by atoms with E-state index in [-0.39, 0.29) is 6.71 Å². The van der Waals surface area contributed by atoms with Crippen molar-refractivity contribution in [1.82, 2.24) is 0 Å². The summed E-state index contributed by atoms with van der Waals surface area (Å²) in [4.78, 5) is 2.35. The zero-order valence-electron chi connectivity index (χ0n) is 15.8. The molecule has 29 heavy (non-hydrogen) atoms. The first-order valence-electron chi connectivity index (χ1n) is 9.91. The fourth-order valence-corrected chi connectivity index (χ4v) is 5.03. The molecule has 0 saturated heterocycles. The van der Waals surface area contributed by atoms with E-state index in [4.69, 9.17) is 9.47 Å². The van der Waals surface area contributed by atoms with Crippen molar-refractivity contribution in [1.29, 1.82) is 0 Å². The maximum Gasteiger partial charge on any atom is 0.256 e. The monoisotopic (exact) mass is 373 g/mol. The molecule has 0 amide bonds. The van der Waals surface area contributed by atoms with Gasteiger partial charge in [0.25, 0.3) is 6.71 Å². The summed E-state index contributed by atoms with van der Waals surface area (Å²) in [7, 11) is 0. The number of hydrogen-bond acceptors (Lipinski definition) is 3. The predicted molar refractivity (Wildman–Crippen MR) is 117 cm³/mol. The quantitative estimate of drug-likeness (QED) is 0.365. The van der Waals surface area contributed by atoms with Crippen LogP contribution in [0.15, 0.2) is 78.9 Å². The molecule has 4 heteroatoms. The first kappa shape index (κ1) is 15.3. The van der Waals surface area contributed by atoms with E-state index in [9.17, 15) is 0 Å². The standard InChI is InChI=1S/C25H16BNO2/c1-15-14-22-23-24-25(15)29-21-13-7-5-11-19(21)27(24)18-10-4-2-8-16(18)26(23)17-9-3-6-12-20(17)28-22/h2-14H,1H3. The van der Waals surface area contributed by atoms with Crippen molar-refractivity contribution < 1.29 is 9.47 Å². The summed E-state index contributed by atoms with van der Waals surface area (Å²) in [6.45, 7) is 2.23. The number of hydrogen-bond donors (Lipinski definition) is 0. The van der Waals surface area contributed by atoms with E-state index >= 15 is 0 Å². The number of benzene rings is 4. The average Bonchev–Trinajstić information content (AvgIpc) is 2.77. The molecule has 4 aromatic carbocycles. The maximum atomic E-state index is 6.43. The van der Waals surface area contributed by atoms with E-state index in [1.807, 2.05) is 18.2 Å². The first-order chi connectivity index (χ1) is 14.3. The van der Waals surface area contributed by atoms with Gasteiger partial charge in [-0.05, 0) is 53.7 Å². The molecule has 0 radical (unpaired) electrons. The molecule has 0 N–H and O–H groups in total. The molecule has 7 rings (SSSR count). The van der Waals surface area contributed by atoms with E-state index < -0.39 is 0 Å². The lowest BCUT2D eigenvalue weighted by atomic mass is 9.34. The van der Waals surface area contributed by atoms with Gasteiger partial charge < -0.3 is 14.4 Å². The second-order valence-electron chi connectivity index (χ2n) is 7.82. The molecule has 0 atom stereocenters. The van der Waals surface area contributed by atoms with Crippen molar-refractivity contribution in [3.05, 3.63) is 84.4 Å². The number of nitrogens with zero attached hydrogens (tertiary/aromatic N) is 1. The number of aryl methyl sites for hydroxylation is 1. The van der Waals surface area contributed by atoms with Crippen LogP contribution in [-0.4, -0.2) is 6.71 Å². The largest absolute Gasteiger partial charge is 0.458 e. The Morgan fingerprint density at radius 1 is 0.690 bits per heavy atom. The highest BCUT2D eigenvalue weighted by Crippen LogP contribution is 2.53. The molecule has 0 aromatic heterocycles. The van der Waals surface area contributed by atoms with Gasteiger partial charge in [-0.1, -0.05) is 48.5 Å². The van der Waals surface area contributed by atoms with E-state index in [0.29, 0.717) is 0 Å². The van der Waals surface area contributed by atoms with Crippen LogP contribution < -0.4 is 30.8 Å². The maximum absolute atomic E-state index is 6.43. The van der Waals surface area contributed by atoms with Gasteiger partial charge in [0.2, 0.25) is 0 Å². The van der Waals surface area contributed by atoms with E-state index in [1.165, 1.54) is 22.1 Å². The Bertz CT molecular complexity index is 1350. The fraction of sp³-hybridized carbons (Fsp3) is 0.0400. The zero-order chi connectivity index (χ0) is 19.1. The minimum Gasteiger partial charge on any atom is -0.458 e. The Morgan fingerprint density at radius 2 is 1.38 bits per heavy atom. The Balaban J connectivity index is 1.65. The summed E-state index contributed by atoms with van der Waals surface area (Å²) in [5.41, 5.74) is 8.15. The number of ether oxygens (including phenoxy) is 2. The van der Waals surface area contributed by atoms with Crippen molar-refractivity contribution in [2.75, 3.05) is 4.90 Å². The summed E-state index contributed by atoms with van der Waals surface area (Å²) in [5, 5.41) is 0. The zero-order valence-corrected chi connectivity index (χ0v) is 15.8. The Morgan fingerprint density at radius 3 is 2.24 bits per heavy atom. The lowest BCUT2D eigenvalue weighted by molar-refractivity contribution is 0.464. The highest BCUT2D eigenvalue weighted by molar-refractivity contribution is 6.99. The molecule has 0 bridgehead atoms. The van der Waals surface area contributed by atoms with Gasteiger partial charge in [-0.3, -0.25) is 0 Å². The molecule has 0 fully saturated rings. The van der Waals surface area contributed by atoms with Gasteiger partial charge in [-0.2, -0.15) is 0 Å². The summed E-state index contributed by atoms with van der Waals surface area (Å²) >= 11 is 0. The molecule has 0 saturated carbocycles. The van der Waals surface area contributed by atoms with Crippen LogP contribution in [0.25, 0.3) is 0 Å². The summed E-state index contributed by atoms with van der Waals surface area (Å²) < 4.78 is 12.8. The topological polar surface area (TPSA) is 21.7 Å². The molecule has 3 aliphatic rings. The van der Waals surface area contributed by atoms with Gasteiger partial charge in [0, 0.05) is 11.2 Å². The summed E-state index contributed by atoms with van der Waals surface area (Å²) in [5.74, 6) is 3.66. The Labute approximate surface area is 169 Å². The van der Waals surface area contributed by atoms with Crippen molar-refractivity contribution in [2.24, 2.45) is 0 Å². The van der Waals surface area contributed by atoms with Crippen LogP contribution in [0.4, 0.5) is 17.1 Å². The van der Waals surface area contributed by atoms with Crippen LogP contribution >= 0.6 is 0 Å². The third kappa shape index (κ3) is 1.84. The van der Waals surface area contributed by atoms with Crippen molar-refractivity contribution in [2.45, 2.75) is 6.92 Å². The number of anilines is 3. The first-order valence-corrected chi connectivity index (χ1v) is 9.91. The van der Waals surface area contributed by atoms with Gasteiger partial charge in [0.15, 0.2) is 11.5 Å². The van der Waals surface area contributed by atoms with Gasteiger partial charge in [0.05, 0.1) is 11.4 Å². The normalized spacial score (nSPS) is 14.1.